The summed E-state index contributed by atoms with van der Waals surface area (Å²) in [7, 11) is 0. The molecule has 1 aliphatic rings. The molecule has 0 aromatic carbocycles. The van der Waals surface area contributed by atoms with Gasteiger partial charge in [-0.25, -0.2) is 9.97 Å². The maximum Gasteiger partial charge on any atom is 0.225 e. The molecule has 0 aliphatic carbocycles. The topological polar surface area (TPSA) is 38.2 Å². The fourth-order valence-corrected chi connectivity index (χ4v) is 3.23. The molecular formula is C14H16BrN3OS. The summed E-state index contributed by atoms with van der Waals surface area (Å²) in [5, 5.41) is 2.10. The minimum atomic E-state index is 0.294. The monoisotopic (exact) mass is 353 g/mol. The van der Waals surface area contributed by atoms with Crippen molar-refractivity contribution < 1.29 is 4.74 Å². The van der Waals surface area contributed by atoms with Gasteiger partial charge in [0.15, 0.2) is 0 Å². The molecule has 1 aliphatic heterocycles. The van der Waals surface area contributed by atoms with Gasteiger partial charge in [0, 0.05) is 30.4 Å². The maximum absolute atomic E-state index is 5.74. The zero-order valence-electron chi connectivity index (χ0n) is 11.0. The van der Waals surface area contributed by atoms with Gasteiger partial charge in [0.25, 0.3) is 0 Å². The van der Waals surface area contributed by atoms with Crippen molar-refractivity contribution in [1.82, 2.24) is 9.97 Å². The van der Waals surface area contributed by atoms with E-state index in [-0.39, 0.29) is 0 Å². The summed E-state index contributed by atoms with van der Waals surface area (Å²) in [4.78, 5) is 12.4. The van der Waals surface area contributed by atoms with Crippen molar-refractivity contribution in [3.05, 3.63) is 39.3 Å². The van der Waals surface area contributed by atoms with Gasteiger partial charge in [-0.2, -0.15) is 0 Å². The maximum atomic E-state index is 5.74. The van der Waals surface area contributed by atoms with Gasteiger partial charge in [-0.3, -0.25) is 0 Å². The highest BCUT2D eigenvalue weighted by Crippen LogP contribution is 2.21. The zero-order chi connectivity index (χ0) is 13.8. The van der Waals surface area contributed by atoms with Crippen LogP contribution in [0.2, 0.25) is 0 Å². The van der Waals surface area contributed by atoms with Gasteiger partial charge in [0.2, 0.25) is 5.95 Å². The Morgan fingerprint density at radius 3 is 2.90 bits per heavy atom. The Bertz CT molecular complexity index is 526. The summed E-state index contributed by atoms with van der Waals surface area (Å²) < 4.78 is 6.64. The standard InChI is InChI=1S/C14H16BrN3OS/c15-11-7-16-14(17-8-11)18(9-12-3-1-5-19-12)10-13-4-2-6-20-13/h2,4,6-8,12H,1,3,5,9-10H2. The van der Waals surface area contributed by atoms with E-state index in [1.807, 2.05) is 0 Å². The summed E-state index contributed by atoms with van der Waals surface area (Å²) in [6.07, 6.45) is 6.15. The largest absolute Gasteiger partial charge is 0.376 e. The summed E-state index contributed by atoms with van der Waals surface area (Å²) >= 11 is 5.14. The van der Waals surface area contributed by atoms with Crippen LogP contribution in [0.5, 0.6) is 0 Å². The second-order valence-corrected chi connectivity index (χ2v) is 6.74. The van der Waals surface area contributed by atoms with E-state index in [2.05, 4.69) is 48.3 Å². The van der Waals surface area contributed by atoms with Crippen molar-refractivity contribution >= 4 is 33.2 Å². The molecule has 2 aromatic rings. The van der Waals surface area contributed by atoms with E-state index >= 15 is 0 Å². The van der Waals surface area contributed by atoms with Gasteiger partial charge in [0.1, 0.15) is 0 Å². The number of nitrogens with zero attached hydrogens (tertiary/aromatic N) is 3. The number of hydrogen-bond donors (Lipinski definition) is 0. The van der Waals surface area contributed by atoms with E-state index in [4.69, 9.17) is 4.74 Å². The van der Waals surface area contributed by atoms with Crippen LogP contribution in [-0.4, -0.2) is 29.2 Å². The Balaban J connectivity index is 1.76. The second kappa shape index (κ2) is 6.65. The smallest absolute Gasteiger partial charge is 0.225 e. The highest BCUT2D eigenvalue weighted by atomic mass is 79.9. The number of anilines is 1. The summed E-state index contributed by atoms with van der Waals surface area (Å²) in [5.74, 6) is 0.761. The molecule has 0 radical (unpaired) electrons. The minimum Gasteiger partial charge on any atom is -0.376 e. The fourth-order valence-electron chi connectivity index (χ4n) is 2.31. The Morgan fingerprint density at radius 2 is 2.25 bits per heavy atom. The van der Waals surface area contributed by atoms with Crippen LogP contribution in [0.1, 0.15) is 17.7 Å². The molecule has 106 valence electrons. The van der Waals surface area contributed by atoms with Crippen LogP contribution in [0.25, 0.3) is 0 Å². The lowest BCUT2D eigenvalue weighted by molar-refractivity contribution is 0.115. The predicted octanol–water partition coefficient (Wildman–Crippen LogP) is 3.49. The van der Waals surface area contributed by atoms with E-state index < -0.39 is 0 Å². The third-order valence-corrected chi connectivity index (χ3v) is 4.54. The van der Waals surface area contributed by atoms with Gasteiger partial charge < -0.3 is 9.64 Å². The van der Waals surface area contributed by atoms with Crippen molar-refractivity contribution in [1.29, 1.82) is 0 Å². The molecule has 0 amide bonds. The van der Waals surface area contributed by atoms with Gasteiger partial charge in [-0.05, 0) is 40.2 Å². The number of aromatic nitrogens is 2. The lowest BCUT2D eigenvalue weighted by Crippen LogP contribution is -2.32. The quantitative estimate of drug-likeness (QED) is 0.824. The van der Waals surface area contributed by atoms with Gasteiger partial charge in [-0.15, -0.1) is 11.3 Å². The van der Waals surface area contributed by atoms with Crippen LogP contribution in [0.4, 0.5) is 5.95 Å². The molecule has 0 N–H and O–H groups in total. The number of halogens is 1. The van der Waals surface area contributed by atoms with Crippen molar-refractivity contribution in [2.24, 2.45) is 0 Å². The molecule has 1 unspecified atom stereocenters. The van der Waals surface area contributed by atoms with Crippen molar-refractivity contribution in [3.8, 4) is 0 Å². The first kappa shape index (κ1) is 14.0. The average molecular weight is 354 g/mol. The Morgan fingerprint density at radius 1 is 1.40 bits per heavy atom. The molecule has 0 bridgehead atoms. The number of thiophene rings is 1. The summed E-state index contributed by atoms with van der Waals surface area (Å²) in [6.45, 7) is 2.55. The first-order chi connectivity index (χ1) is 9.81. The first-order valence-electron chi connectivity index (χ1n) is 6.68. The van der Waals surface area contributed by atoms with Crippen LogP contribution in [0.3, 0.4) is 0 Å². The molecule has 3 heterocycles. The van der Waals surface area contributed by atoms with Crippen molar-refractivity contribution in [2.75, 3.05) is 18.1 Å². The lowest BCUT2D eigenvalue weighted by Gasteiger charge is -2.24. The first-order valence-corrected chi connectivity index (χ1v) is 8.35. The highest BCUT2D eigenvalue weighted by Gasteiger charge is 2.21. The van der Waals surface area contributed by atoms with Gasteiger partial charge >= 0.3 is 0 Å². The third-order valence-electron chi connectivity index (χ3n) is 3.26. The van der Waals surface area contributed by atoms with E-state index in [1.54, 1.807) is 23.7 Å². The van der Waals surface area contributed by atoms with Crippen LogP contribution < -0.4 is 4.90 Å². The Labute approximate surface area is 130 Å². The molecule has 3 rings (SSSR count). The lowest BCUT2D eigenvalue weighted by atomic mass is 10.2. The number of hydrogen-bond acceptors (Lipinski definition) is 5. The molecule has 6 heteroatoms. The predicted molar refractivity (Wildman–Crippen MR) is 84.1 cm³/mol. The molecule has 1 saturated heterocycles. The van der Waals surface area contributed by atoms with Crippen molar-refractivity contribution in [3.63, 3.8) is 0 Å². The van der Waals surface area contributed by atoms with E-state index in [0.29, 0.717) is 6.10 Å². The summed E-state index contributed by atoms with van der Waals surface area (Å²) in [5.41, 5.74) is 0. The molecule has 20 heavy (non-hydrogen) atoms. The zero-order valence-corrected chi connectivity index (χ0v) is 13.4. The molecule has 1 atom stereocenters. The van der Waals surface area contributed by atoms with E-state index in [0.717, 1.165) is 43.0 Å². The van der Waals surface area contributed by atoms with Gasteiger partial charge in [-0.1, -0.05) is 6.07 Å². The van der Waals surface area contributed by atoms with Crippen molar-refractivity contribution in [2.45, 2.75) is 25.5 Å². The SMILES string of the molecule is Brc1cnc(N(Cc2cccs2)CC2CCCO2)nc1. The number of rotatable bonds is 5. The molecule has 0 saturated carbocycles. The number of ether oxygens (including phenoxy) is 1. The molecule has 4 nitrogen and oxygen atoms in total. The summed E-state index contributed by atoms with van der Waals surface area (Å²) in [6, 6.07) is 4.22. The van der Waals surface area contributed by atoms with E-state index in [1.165, 1.54) is 4.88 Å². The van der Waals surface area contributed by atoms with Crippen LogP contribution in [-0.2, 0) is 11.3 Å². The molecule has 1 fully saturated rings. The van der Waals surface area contributed by atoms with Crippen LogP contribution in [0, 0.1) is 0 Å². The molecule has 0 spiro atoms. The Kier molecular flexibility index (Phi) is 4.65. The normalized spacial score (nSPS) is 18.4. The minimum absolute atomic E-state index is 0.294. The average Bonchev–Trinajstić information content (AvgIpc) is 3.12. The van der Waals surface area contributed by atoms with Crippen LogP contribution in [0.15, 0.2) is 34.4 Å². The third kappa shape index (κ3) is 3.56. The second-order valence-electron chi connectivity index (χ2n) is 4.80. The van der Waals surface area contributed by atoms with Crippen LogP contribution >= 0.6 is 27.3 Å². The Hall–Kier alpha value is -0.980. The molecule has 2 aromatic heterocycles. The van der Waals surface area contributed by atoms with Gasteiger partial charge in [0.05, 0.1) is 17.1 Å². The highest BCUT2D eigenvalue weighted by molar-refractivity contribution is 9.10. The van der Waals surface area contributed by atoms with E-state index in [9.17, 15) is 0 Å². The molecular weight excluding hydrogens is 338 g/mol. The fraction of sp³-hybridized carbons (Fsp3) is 0.429.